The summed E-state index contributed by atoms with van der Waals surface area (Å²) in [4.78, 5) is 29.9. The molecule has 1 aromatic carbocycles. The first kappa shape index (κ1) is 16.4. The topological polar surface area (TPSA) is 64.0 Å². The van der Waals surface area contributed by atoms with Crippen molar-refractivity contribution in [2.75, 3.05) is 11.1 Å². The van der Waals surface area contributed by atoms with Gasteiger partial charge in [-0.05, 0) is 56.4 Å². The van der Waals surface area contributed by atoms with Crippen molar-refractivity contribution in [1.82, 2.24) is 9.55 Å². The second kappa shape index (κ2) is 6.33. The standard InChI is InChI=1S/C19H21N3O2S/c1-11-6-12(2)8-13(7-11)20-17(23)9-14-10-25-19-21-16-5-3-4-15(16)18(24)22(14)19/h6-8,14H,3-5,9-10H2,1-2H3,(H,20,23). The number of nitrogens with one attached hydrogen (secondary N) is 1. The van der Waals surface area contributed by atoms with Gasteiger partial charge in [-0.1, -0.05) is 17.8 Å². The van der Waals surface area contributed by atoms with Crippen molar-refractivity contribution < 1.29 is 4.79 Å². The summed E-state index contributed by atoms with van der Waals surface area (Å²) in [5.74, 6) is 0.668. The fourth-order valence-electron chi connectivity index (χ4n) is 3.78. The Balaban J connectivity index is 1.54. The number of aromatic nitrogens is 2. The molecule has 25 heavy (non-hydrogen) atoms. The quantitative estimate of drug-likeness (QED) is 0.860. The van der Waals surface area contributed by atoms with Crippen molar-refractivity contribution in [1.29, 1.82) is 0 Å². The molecule has 5 nitrogen and oxygen atoms in total. The molecule has 1 atom stereocenters. The van der Waals surface area contributed by atoms with E-state index < -0.39 is 0 Å². The normalized spacial score (nSPS) is 18.1. The smallest absolute Gasteiger partial charge is 0.257 e. The van der Waals surface area contributed by atoms with Crippen LogP contribution < -0.4 is 10.9 Å². The first-order valence-corrected chi connectivity index (χ1v) is 9.65. The second-order valence-corrected chi connectivity index (χ2v) is 7.93. The lowest BCUT2D eigenvalue weighted by atomic mass is 10.1. The summed E-state index contributed by atoms with van der Waals surface area (Å²) in [6, 6.07) is 5.88. The zero-order valence-electron chi connectivity index (χ0n) is 14.5. The predicted molar refractivity (Wildman–Crippen MR) is 99.4 cm³/mol. The van der Waals surface area contributed by atoms with Gasteiger partial charge in [0.05, 0.1) is 11.7 Å². The zero-order chi connectivity index (χ0) is 17.6. The van der Waals surface area contributed by atoms with E-state index in [0.29, 0.717) is 6.42 Å². The minimum absolute atomic E-state index is 0.0594. The number of carbonyl (C=O) groups is 1. The van der Waals surface area contributed by atoms with Crippen LogP contribution in [0, 0.1) is 13.8 Å². The van der Waals surface area contributed by atoms with Gasteiger partial charge in [0.25, 0.3) is 5.56 Å². The van der Waals surface area contributed by atoms with Gasteiger partial charge >= 0.3 is 0 Å². The monoisotopic (exact) mass is 355 g/mol. The molecule has 0 saturated heterocycles. The van der Waals surface area contributed by atoms with Crippen molar-refractivity contribution in [2.24, 2.45) is 0 Å². The molecule has 6 heteroatoms. The van der Waals surface area contributed by atoms with Crippen molar-refractivity contribution in [3.05, 3.63) is 50.9 Å². The number of anilines is 1. The van der Waals surface area contributed by atoms with E-state index in [1.54, 1.807) is 16.3 Å². The van der Waals surface area contributed by atoms with Gasteiger partial charge in [0, 0.05) is 23.4 Å². The third kappa shape index (κ3) is 3.11. The molecule has 1 N–H and O–H groups in total. The van der Waals surface area contributed by atoms with Gasteiger partial charge in [-0.15, -0.1) is 0 Å². The third-order valence-corrected chi connectivity index (χ3v) is 5.90. The summed E-state index contributed by atoms with van der Waals surface area (Å²) in [6.07, 6.45) is 3.02. The van der Waals surface area contributed by atoms with Crippen LogP contribution in [0.2, 0.25) is 0 Å². The molecule has 0 spiro atoms. The molecular formula is C19H21N3O2S. The molecule has 2 heterocycles. The third-order valence-electron chi connectivity index (χ3n) is 4.80. The van der Waals surface area contributed by atoms with Crippen LogP contribution in [-0.4, -0.2) is 21.2 Å². The molecule has 1 aliphatic heterocycles. The van der Waals surface area contributed by atoms with Crippen LogP contribution in [-0.2, 0) is 17.6 Å². The summed E-state index contributed by atoms with van der Waals surface area (Å²) in [5.41, 5.74) is 4.93. The molecule has 0 bridgehead atoms. The van der Waals surface area contributed by atoms with Crippen LogP contribution in [0.15, 0.2) is 28.2 Å². The highest BCUT2D eigenvalue weighted by atomic mass is 32.2. The molecule has 130 valence electrons. The van der Waals surface area contributed by atoms with E-state index in [9.17, 15) is 9.59 Å². The Labute approximate surface area is 150 Å². The average molecular weight is 355 g/mol. The van der Waals surface area contributed by atoms with Gasteiger partial charge in [0.2, 0.25) is 5.91 Å². The molecule has 1 aromatic heterocycles. The zero-order valence-corrected chi connectivity index (χ0v) is 15.3. The predicted octanol–water partition coefficient (Wildman–Crippen LogP) is 3.02. The highest BCUT2D eigenvalue weighted by molar-refractivity contribution is 7.99. The van der Waals surface area contributed by atoms with E-state index in [0.717, 1.165) is 58.2 Å². The van der Waals surface area contributed by atoms with Gasteiger partial charge in [-0.25, -0.2) is 4.98 Å². The Morgan fingerprint density at radius 2 is 2.04 bits per heavy atom. The van der Waals surface area contributed by atoms with Crippen LogP contribution >= 0.6 is 11.8 Å². The molecule has 0 fully saturated rings. The molecule has 0 saturated carbocycles. The second-order valence-electron chi connectivity index (χ2n) is 6.94. The lowest BCUT2D eigenvalue weighted by Gasteiger charge is -2.15. The van der Waals surface area contributed by atoms with Gasteiger partial charge in [0.15, 0.2) is 5.16 Å². The fourth-order valence-corrected chi connectivity index (χ4v) is 4.93. The molecular weight excluding hydrogens is 334 g/mol. The van der Waals surface area contributed by atoms with Crippen molar-refractivity contribution in [2.45, 2.75) is 50.7 Å². The lowest BCUT2D eigenvalue weighted by molar-refractivity contribution is -0.116. The molecule has 4 rings (SSSR count). The molecule has 0 radical (unpaired) electrons. The van der Waals surface area contributed by atoms with Gasteiger partial charge in [0.1, 0.15) is 0 Å². The Kier molecular flexibility index (Phi) is 4.15. The van der Waals surface area contributed by atoms with Gasteiger partial charge in [-0.2, -0.15) is 0 Å². The van der Waals surface area contributed by atoms with E-state index in [-0.39, 0.29) is 17.5 Å². The number of thioether (sulfide) groups is 1. The van der Waals surface area contributed by atoms with Crippen molar-refractivity contribution >= 4 is 23.4 Å². The maximum Gasteiger partial charge on any atom is 0.257 e. The molecule has 2 aromatic rings. The molecule has 2 aliphatic rings. The van der Waals surface area contributed by atoms with E-state index in [2.05, 4.69) is 16.4 Å². The van der Waals surface area contributed by atoms with Crippen LogP contribution in [0.1, 0.15) is 41.3 Å². The van der Waals surface area contributed by atoms with Crippen molar-refractivity contribution in [3.63, 3.8) is 0 Å². The van der Waals surface area contributed by atoms with Crippen LogP contribution in [0.5, 0.6) is 0 Å². The SMILES string of the molecule is Cc1cc(C)cc(NC(=O)CC2CSc3nc4c(c(=O)n32)CCC4)c1. The van der Waals surface area contributed by atoms with E-state index in [4.69, 9.17) is 0 Å². The molecule has 1 amide bonds. The number of benzene rings is 1. The number of rotatable bonds is 3. The highest BCUT2D eigenvalue weighted by Crippen LogP contribution is 2.34. The minimum Gasteiger partial charge on any atom is -0.326 e. The van der Waals surface area contributed by atoms with Gasteiger partial charge < -0.3 is 5.32 Å². The van der Waals surface area contributed by atoms with E-state index in [1.807, 2.05) is 26.0 Å². The molecule has 1 aliphatic carbocycles. The summed E-state index contributed by atoms with van der Waals surface area (Å²) in [5, 5.41) is 3.74. The van der Waals surface area contributed by atoms with Crippen molar-refractivity contribution in [3.8, 4) is 0 Å². The minimum atomic E-state index is -0.114. The largest absolute Gasteiger partial charge is 0.326 e. The summed E-state index contributed by atoms with van der Waals surface area (Å²) < 4.78 is 1.75. The molecule has 1 unspecified atom stereocenters. The lowest BCUT2D eigenvalue weighted by Crippen LogP contribution is -2.30. The summed E-state index contributed by atoms with van der Waals surface area (Å²) in [6.45, 7) is 4.02. The van der Waals surface area contributed by atoms with Crippen LogP contribution in [0.4, 0.5) is 5.69 Å². The average Bonchev–Trinajstić information content (AvgIpc) is 3.14. The Morgan fingerprint density at radius 3 is 2.80 bits per heavy atom. The maximum atomic E-state index is 12.8. The summed E-state index contributed by atoms with van der Waals surface area (Å²) >= 11 is 1.58. The van der Waals surface area contributed by atoms with Crippen LogP contribution in [0.25, 0.3) is 0 Å². The van der Waals surface area contributed by atoms with Gasteiger partial charge in [-0.3, -0.25) is 14.2 Å². The number of hydrogen-bond acceptors (Lipinski definition) is 4. The number of nitrogens with zero attached hydrogens (tertiary/aromatic N) is 2. The number of hydrogen-bond donors (Lipinski definition) is 1. The van der Waals surface area contributed by atoms with E-state index in [1.165, 1.54) is 0 Å². The highest BCUT2D eigenvalue weighted by Gasteiger charge is 2.31. The number of aryl methyl sites for hydroxylation is 3. The number of amides is 1. The summed E-state index contributed by atoms with van der Waals surface area (Å²) in [7, 11) is 0. The Hall–Kier alpha value is -2.08. The number of carbonyl (C=O) groups excluding carboxylic acids is 1. The Bertz CT molecular complexity index is 899. The Morgan fingerprint density at radius 1 is 1.28 bits per heavy atom. The fraction of sp³-hybridized carbons (Fsp3) is 0.421. The first-order chi connectivity index (χ1) is 12.0. The van der Waals surface area contributed by atoms with Crippen LogP contribution in [0.3, 0.4) is 0 Å². The van der Waals surface area contributed by atoms with E-state index >= 15 is 0 Å². The first-order valence-electron chi connectivity index (χ1n) is 8.66. The number of fused-ring (bicyclic) bond motifs is 2. The maximum absolute atomic E-state index is 12.8.